The van der Waals surface area contributed by atoms with E-state index < -0.39 is 5.60 Å². The van der Waals surface area contributed by atoms with Crippen LogP contribution in [0, 0.1) is 0 Å². The van der Waals surface area contributed by atoms with E-state index in [1.165, 1.54) is 6.33 Å². The smallest absolute Gasteiger partial charge is 0.233 e. The first-order valence-corrected chi connectivity index (χ1v) is 7.00. The summed E-state index contributed by atoms with van der Waals surface area (Å²) >= 11 is 0. The van der Waals surface area contributed by atoms with Crippen molar-refractivity contribution in [2.24, 2.45) is 5.73 Å². The highest BCUT2D eigenvalue weighted by Crippen LogP contribution is 2.25. The SMILES string of the molecule is CNc1cc(N2CCC[C@](O)(CNC(=O)CN)C2)ncn1. The summed E-state index contributed by atoms with van der Waals surface area (Å²) in [6, 6.07) is 1.84. The Labute approximate surface area is 123 Å². The van der Waals surface area contributed by atoms with Gasteiger partial charge < -0.3 is 26.4 Å². The maximum atomic E-state index is 11.2. The molecule has 1 saturated heterocycles. The largest absolute Gasteiger partial charge is 0.386 e. The van der Waals surface area contributed by atoms with Crippen LogP contribution in [-0.2, 0) is 4.79 Å². The molecule has 1 atom stereocenters. The number of carbonyl (C=O) groups is 1. The van der Waals surface area contributed by atoms with E-state index in [2.05, 4.69) is 20.6 Å². The molecule has 2 heterocycles. The Kier molecular flexibility index (Phi) is 4.92. The Hall–Kier alpha value is -1.93. The van der Waals surface area contributed by atoms with Crippen molar-refractivity contribution in [1.29, 1.82) is 0 Å². The third-order valence-corrected chi connectivity index (χ3v) is 3.59. The highest BCUT2D eigenvalue weighted by molar-refractivity contribution is 5.77. The molecule has 0 unspecified atom stereocenters. The third kappa shape index (κ3) is 4.02. The first kappa shape index (κ1) is 15.5. The normalized spacial score (nSPS) is 22.0. The van der Waals surface area contributed by atoms with E-state index in [9.17, 15) is 9.90 Å². The lowest BCUT2D eigenvalue weighted by Gasteiger charge is -2.39. The first-order valence-electron chi connectivity index (χ1n) is 7.00. The number of carbonyl (C=O) groups excluding carboxylic acids is 1. The van der Waals surface area contributed by atoms with E-state index in [0.717, 1.165) is 24.6 Å². The standard InChI is InChI=1S/C13H22N6O2/c1-15-10-5-11(18-9-17-10)19-4-2-3-13(21,8-19)7-16-12(20)6-14/h5,9,21H,2-4,6-8,14H2,1H3,(H,16,20)(H,15,17,18)/t13-/m0/s1. The van der Waals surface area contributed by atoms with Gasteiger partial charge in [0, 0.05) is 32.7 Å². The zero-order valence-electron chi connectivity index (χ0n) is 12.2. The second-order valence-electron chi connectivity index (χ2n) is 5.24. The van der Waals surface area contributed by atoms with Crippen LogP contribution in [0.2, 0.25) is 0 Å². The molecule has 21 heavy (non-hydrogen) atoms. The minimum atomic E-state index is -0.964. The number of piperidine rings is 1. The van der Waals surface area contributed by atoms with Crippen LogP contribution in [0.4, 0.5) is 11.6 Å². The Morgan fingerprint density at radius 1 is 1.57 bits per heavy atom. The van der Waals surface area contributed by atoms with Gasteiger partial charge in [0.15, 0.2) is 0 Å². The fraction of sp³-hybridized carbons (Fsp3) is 0.615. The van der Waals surface area contributed by atoms with Gasteiger partial charge in [0.1, 0.15) is 18.0 Å². The monoisotopic (exact) mass is 294 g/mol. The highest BCUT2D eigenvalue weighted by atomic mass is 16.3. The number of anilines is 2. The summed E-state index contributed by atoms with van der Waals surface area (Å²) in [7, 11) is 1.79. The van der Waals surface area contributed by atoms with Gasteiger partial charge >= 0.3 is 0 Å². The summed E-state index contributed by atoms with van der Waals surface area (Å²) in [5, 5.41) is 16.2. The summed E-state index contributed by atoms with van der Waals surface area (Å²) < 4.78 is 0. The van der Waals surface area contributed by atoms with Gasteiger partial charge in [-0.25, -0.2) is 9.97 Å². The molecule has 0 spiro atoms. The number of nitrogens with two attached hydrogens (primary N) is 1. The molecule has 1 aromatic rings. The Morgan fingerprint density at radius 3 is 3.10 bits per heavy atom. The van der Waals surface area contributed by atoms with Crippen molar-refractivity contribution in [1.82, 2.24) is 15.3 Å². The number of aliphatic hydroxyl groups is 1. The molecule has 8 nitrogen and oxygen atoms in total. The van der Waals surface area contributed by atoms with Gasteiger partial charge in [0.05, 0.1) is 12.1 Å². The lowest BCUT2D eigenvalue weighted by molar-refractivity contribution is -0.121. The van der Waals surface area contributed by atoms with Gasteiger partial charge in [-0.3, -0.25) is 4.79 Å². The maximum absolute atomic E-state index is 11.2. The van der Waals surface area contributed by atoms with Crippen molar-refractivity contribution < 1.29 is 9.90 Å². The summed E-state index contributed by atoms with van der Waals surface area (Å²) in [6.07, 6.45) is 2.96. The zero-order valence-corrected chi connectivity index (χ0v) is 12.2. The van der Waals surface area contributed by atoms with Gasteiger partial charge in [0.2, 0.25) is 5.91 Å². The molecule has 1 fully saturated rings. The van der Waals surface area contributed by atoms with Crippen molar-refractivity contribution >= 4 is 17.5 Å². The van der Waals surface area contributed by atoms with E-state index in [0.29, 0.717) is 13.0 Å². The van der Waals surface area contributed by atoms with Crippen molar-refractivity contribution in [2.75, 3.05) is 43.4 Å². The number of rotatable bonds is 5. The Balaban J connectivity index is 2.03. The molecule has 1 aliphatic rings. The van der Waals surface area contributed by atoms with Crippen LogP contribution in [0.5, 0.6) is 0 Å². The van der Waals surface area contributed by atoms with Crippen LogP contribution in [0.15, 0.2) is 12.4 Å². The number of nitrogens with zero attached hydrogens (tertiary/aromatic N) is 3. The molecule has 8 heteroatoms. The molecular formula is C13H22N6O2. The molecule has 0 radical (unpaired) electrons. The first-order chi connectivity index (χ1) is 10.1. The molecule has 116 valence electrons. The lowest BCUT2D eigenvalue weighted by atomic mass is 9.92. The Morgan fingerprint density at radius 2 is 2.38 bits per heavy atom. The number of hydrogen-bond donors (Lipinski definition) is 4. The molecule has 0 aromatic carbocycles. The van der Waals surface area contributed by atoms with E-state index in [-0.39, 0.29) is 19.0 Å². The maximum Gasteiger partial charge on any atom is 0.233 e. The number of β-amino-alcohol motifs (C(OH)–C–C–N with tert-alkyl or cyclic N) is 1. The van der Waals surface area contributed by atoms with Crippen LogP contribution >= 0.6 is 0 Å². The van der Waals surface area contributed by atoms with E-state index in [1.54, 1.807) is 7.05 Å². The van der Waals surface area contributed by atoms with Crippen LogP contribution in [0.1, 0.15) is 12.8 Å². The quantitative estimate of drug-likeness (QED) is 0.546. The predicted octanol–water partition coefficient (Wildman–Crippen LogP) is -1.08. The van der Waals surface area contributed by atoms with Crippen LogP contribution in [0.25, 0.3) is 0 Å². The van der Waals surface area contributed by atoms with Crippen molar-refractivity contribution in [3.8, 4) is 0 Å². The summed E-state index contributed by atoms with van der Waals surface area (Å²) in [5.41, 5.74) is 4.29. The molecule has 0 bridgehead atoms. The lowest BCUT2D eigenvalue weighted by Crippen LogP contribution is -2.55. The molecule has 1 amide bonds. The molecule has 2 rings (SSSR count). The number of amides is 1. The second-order valence-corrected chi connectivity index (χ2v) is 5.24. The van der Waals surface area contributed by atoms with Crippen molar-refractivity contribution in [2.45, 2.75) is 18.4 Å². The topological polar surface area (TPSA) is 116 Å². The van der Waals surface area contributed by atoms with Gasteiger partial charge in [-0.1, -0.05) is 0 Å². The van der Waals surface area contributed by atoms with Gasteiger partial charge in [-0.05, 0) is 12.8 Å². The minimum Gasteiger partial charge on any atom is -0.386 e. The van der Waals surface area contributed by atoms with Crippen LogP contribution in [0.3, 0.4) is 0 Å². The van der Waals surface area contributed by atoms with Gasteiger partial charge in [-0.15, -0.1) is 0 Å². The van der Waals surface area contributed by atoms with Crippen LogP contribution < -0.4 is 21.3 Å². The molecule has 0 aliphatic carbocycles. The van der Waals surface area contributed by atoms with E-state index in [4.69, 9.17) is 5.73 Å². The summed E-state index contributed by atoms with van der Waals surface area (Å²) in [6.45, 7) is 1.35. The summed E-state index contributed by atoms with van der Waals surface area (Å²) in [4.78, 5) is 21.6. The zero-order chi connectivity index (χ0) is 15.3. The number of nitrogens with one attached hydrogen (secondary N) is 2. The van der Waals surface area contributed by atoms with Gasteiger partial charge in [-0.2, -0.15) is 0 Å². The van der Waals surface area contributed by atoms with Gasteiger partial charge in [0.25, 0.3) is 0 Å². The fourth-order valence-corrected chi connectivity index (χ4v) is 2.44. The molecule has 0 saturated carbocycles. The predicted molar refractivity (Wildman–Crippen MR) is 80.0 cm³/mol. The Bertz CT molecular complexity index is 497. The fourth-order valence-electron chi connectivity index (χ4n) is 2.44. The average molecular weight is 294 g/mol. The molecular weight excluding hydrogens is 272 g/mol. The molecule has 1 aliphatic heterocycles. The highest BCUT2D eigenvalue weighted by Gasteiger charge is 2.34. The van der Waals surface area contributed by atoms with Crippen molar-refractivity contribution in [3.05, 3.63) is 12.4 Å². The third-order valence-electron chi connectivity index (χ3n) is 3.59. The van der Waals surface area contributed by atoms with E-state index >= 15 is 0 Å². The molecule has 5 N–H and O–H groups in total. The van der Waals surface area contributed by atoms with Crippen molar-refractivity contribution in [3.63, 3.8) is 0 Å². The van der Waals surface area contributed by atoms with E-state index in [1.807, 2.05) is 11.0 Å². The number of aromatic nitrogens is 2. The molecule has 1 aromatic heterocycles. The minimum absolute atomic E-state index is 0.0722. The second kappa shape index (κ2) is 6.68. The summed E-state index contributed by atoms with van der Waals surface area (Å²) in [5.74, 6) is 1.23. The average Bonchev–Trinajstić information content (AvgIpc) is 2.52. The van der Waals surface area contributed by atoms with Crippen LogP contribution in [-0.4, -0.2) is 59.8 Å². The number of hydrogen-bond acceptors (Lipinski definition) is 7.